The largest absolute Gasteiger partial charge is 0.376 e. The van der Waals surface area contributed by atoms with Crippen molar-refractivity contribution in [3.63, 3.8) is 0 Å². The second-order valence-electron chi connectivity index (χ2n) is 6.15. The first kappa shape index (κ1) is 13.4. The highest BCUT2D eigenvalue weighted by atomic mass is 16.2. The lowest BCUT2D eigenvalue weighted by Crippen LogP contribution is -2.31. The third-order valence-corrected chi connectivity index (χ3v) is 4.64. The van der Waals surface area contributed by atoms with Crippen molar-refractivity contribution in [2.75, 3.05) is 37.4 Å². The smallest absolute Gasteiger partial charge is 0.228 e. The van der Waals surface area contributed by atoms with Crippen LogP contribution in [0.2, 0.25) is 0 Å². The first-order chi connectivity index (χ1) is 9.62. The van der Waals surface area contributed by atoms with Crippen LogP contribution in [0.1, 0.15) is 19.3 Å². The van der Waals surface area contributed by atoms with Gasteiger partial charge in [0.25, 0.3) is 0 Å². The Labute approximate surface area is 119 Å². The Morgan fingerprint density at radius 2 is 2.20 bits per heavy atom. The average Bonchev–Trinajstić information content (AvgIpc) is 3.13. The van der Waals surface area contributed by atoms with E-state index < -0.39 is 0 Å². The van der Waals surface area contributed by atoms with E-state index in [1.807, 2.05) is 25.1 Å². The summed E-state index contributed by atoms with van der Waals surface area (Å²) in [6, 6.07) is 1.92. The number of amides is 1. The number of carbonyl (C=O) groups is 1. The van der Waals surface area contributed by atoms with E-state index in [2.05, 4.69) is 15.6 Å². The quantitative estimate of drug-likeness (QED) is 0.876. The van der Waals surface area contributed by atoms with Gasteiger partial charge in [-0.05, 0) is 43.8 Å². The zero-order chi connectivity index (χ0) is 14.2. The van der Waals surface area contributed by atoms with E-state index in [1.54, 1.807) is 12.4 Å². The fourth-order valence-corrected chi connectivity index (χ4v) is 3.29. The third kappa shape index (κ3) is 2.38. The summed E-state index contributed by atoms with van der Waals surface area (Å²) in [5, 5.41) is 6.43. The Kier molecular flexibility index (Phi) is 3.38. The molecule has 0 bridgehead atoms. The number of piperidine rings is 1. The molecule has 2 heterocycles. The Balaban J connectivity index is 1.68. The van der Waals surface area contributed by atoms with Crippen LogP contribution in [0.25, 0.3) is 0 Å². The Hall–Kier alpha value is -1.62. The molecule has 1 saturated heterocycles. The molecule has 5 nitrogen and oxygen atoms in total. The maximum Gasteiger partial charge on any atom is 0.228 e. The van der Waals surface area contributed by atoms with Crippen molar-refractivity contribution < 1.29 is 4.79 Å². The van der Waals surface area contributed by atoms with Gasteiger partial charge in [-0.1, -0.05) is 0 Å². The van der Waals surface area contributed by atoms with Gasteiger partial charge >= 0.3 is 0 Å². The van der Waals surface area contributed by atoms with Gasteiger partial charge in [0.15, 0.2) is 0 Å². The maximum atomic E-state index is 12.4. The molecule has 1 unspecified atom stereocenters. The summed E-state index contributed by atoms with van der Waals surface area (Å²) in [6.07, 6.45) is 6.76. The number of hydrogen-bond donors (Lipinski definition) is 2. The lowest BCUT2D eigenvalue weighted by molar-refractivity contribution is -0.118. The van der Waals surface area contributed by atoms with Crippen LogP contribution in [0.3, 0.4) is 0 Å². The number of nitrogens with zero attached hydrogens (tertiary/aromatic N) is 2. The lowest BCUT2D eigenvalue weighted by Gasteiger charge is -2.23. The van der Waals surface area contributed by atoms with Crippen molar-refractivity contribution in [1.82, 2.24) is 10.3 Å². The summed E-state index contributed by atoms with van der Waals surface area (Å²) in [7, 11) is 3.94. The zero-order valence-electron chi connectivity index (χ0n) is 12.1. The van der Waals surface area contributed by atoms with E-state index in [4.69, 9.17) is 0 Å². The summed E-state index contributed by atoms with van der Waals surface area (Å²) in [5.41, 5.74) is 2.07. The molecule has 3 rings (SSSR count). The normalized spacial score (nSPS) is 23.4. The summed E-state index contributed by atoms with van der Waals surface area (Å²) >= 11 is 0. The van der Waals surface area contributed by atoms with Crippen molar-refractivity contribution in [2.24, 2.45) is 11.3 Å². The molecule has 0 radical (unpaired) electrons. The molecular formula is C15H22N4O. The van der Waals surface area contributed by atoms with Crippen molar-refractivity contribution in [3.8, 4) is 0 Å². The van der Waals surface area contributed by atoms with Crippen molar-refractivity contribution >= 4 is 17.3 Å². The van der Waals surface area contributed by atoms with Gasteiger partial charge in [-0.15, -0.1) is 0 Å². The number of anilines is 2. The van der Waals surface area contributed by atoms with Crippen molar-refractivity contribution in [2.45, 2.75) is 19.3 Å². The van der Waals surface area contributed by atoms with Gasteiger partial charge in [0.05, 0.1) is 17.6 Å². The fraction of sp³-hybridized carbons (Fsp3) is 0.600. The summed E-state index contributed by atoms with van der Waals surface area (Å²) in [5.74, 6) is 0.336. The molecule has 108 valence electrons. The third-order valence-electron chi connectivity index (χ3n) is 4.64. The Morgan fingerprint density at radius 3 is 2.90 bits per heavy atom. The van der Waals surface area contributed by atoms with Gasteiger partial charge in [0, 0.05) is 26.2 Å². The van der Waals surface area contributed by atoms with Crippen LogP contribution in [0, 0.1) is 11.3 Å². The highest BCUT2D eigenvalue weighted by molar-refractivity contribution is 5.97. The van der Waals surface area contributed by atoms with Crippen LogP contribution in [-0.4, -0.2) is 38.1 Å². The van der Waals surface area contributed by atoms with Crippen molar-refractivity contribution in [1.29, 1.82) is 0 Å². The molecule has 1 atom stereocenters. The Morgan fingerprint density at radius 1 is 1.45 bits per heavy atom. The number of pyridine rings is 1. The van der Waals surface area contributed by atoms with Gasteiger partial charge in [0.1, 0.15) is 0 Å². The molecule has 1 aliphatic carbocycles. The lowest BCUT2D eigenvalue weighted by atomic mass is 9.92. The van der Waals surface area contributed by atoms with E-state index in [-0.39, 0.29) is 17.2 Å². The van der Waals surface area contributed by atoms with E-state index in [9.17, 15) is 4.79 Å². The van der Waals surface area contributed by atoms with Crippen LogP contribution in [0.4, 0.5) is 11.4 Å². The molecule has 1 amide bonds. The van der Waals surface area contributed by atoms with Crippen LogP contribution in [0.15, 0.2) is 18.5 Å². The van der Waals surface area contributed by atoms with E-state index in [0.717, 1.165) is 43.7 Å². The second kappa shape index (κ2) is 5.05. The van der Waals surface area contributed by atoms with Gasteiger partial charge in [-0.25, -0.2) is 0 Å². The minimum Gasteiger partial charge on any atom is -0.376 e. The first-order valence-electron chi connectivity index (χ1n) is 7.25. The van der Waals surface area contributed by atoms with Crippen LogP contribution >= 0.6 is 0 Å². The topological polar surface area (TPSA) is 57.3 Å². The molecule has 1 aromatic heterocycles. The molecule has 1 saturated carbocycles. The van der Waals surface area contributed by atoms with Gasteiger partial charge in [0.2, 0.25) is 5.91 Å². The number of rotatable bonds is 3. The molecule has 5 heteroatoms. The summed E-state index contributed by atoms with van der Waals surface area (Å²) in [6.45, 7) is 2.08. The monoisotopic (exact) mass is 274 g/mol. The Bertz CT molecular complexity index is 508. The van der Waals surface area contributed by atoms with E-state index >= 15 is 0 Å². The minimum absolute atomic E-state index is 0.156. The first-order valence-corrected chi connectivity index (χ1v) is 7.25. The summed E-state index contributed by atoms with van der Waals surface area (Å²) < 4.78 is 0. The molecule has 2 fully saturated rings. The molecule has 0 aromatic carbocycles. The standard InChI is InChI=1S/C15H22N4O/c1-19(2)13-3-6-17-10-12(13)18-14(20)11-9-15(11)4-7-16-8-5-15/h3,6,10-11,16H,4-5,7-9H2,1-2H3,(H,18,20). The molecule has 1 aromatic rings. The maximum absolute atomic E-state index is 12.4. The predicted octanol–water partition coefficient (Wildman–Crippen LogP) is 1.48. The number of hydrogen-bond acceptors (Lipinski definition) is 4. The molecule has 2 N–H and O–H groups in total. The summed E-state index contributed by atoms with van der Waals surface area (Å²) in [4.78, 5) is 18.5. The van der Waals surface area contributed by atoms with Crippen LogP contribution in [0.5, 0.6) is 0 Å². The zero-order valence-corrected chi connectivity index (χ0v) is 12.1. The van der Waals surface area contributed by atoms with Gasteiger partial charge < -0.3 is 15.5 Å². The molecule has 20 heavy (non-hydrogen) atoms. The van der Waals surface area contributed by atoms with Crippen LogP contribution in [-0.2, 0) is 4.79 Å². The highest BCUT2D eigenvalue weighted by Crippen LogP contribution is 2.58. The molecule has 1 aliphatic heterocycles. The van der Waals surface area contributed by atoms with Gasteiger partial charge in [-0.2, -0.15) is 0 Å². The van der Waals surface area contributed by atoms with Crippen LogP contribution < -0.4 is 15.5 Å². The predicted molar refractivity (Wildman–Crippen MR) is 79.8 cm³/mol. The molecule has 1 spiro atoms. The molecular weight excluding hydrogens is 252 g/mol. The van der Waals surface area contributed by atoms with Crippen molar-refractivity contribution in [3.05, 3.63) is 18.5 Å². The molecule has 2 aliphatic rings. The number of aromatic nitrogens is 1. The highest BCUT2D eigenvalue weighted by Gasteiger charge is 2.57. The fourth-order valence-electron chi connectivity index (χ4n) is 3.29. The van der Waals surface area contributed by atoms with Gasteiger partial charge in [-0.3, -0.25) is 9.78 Å². The average molecular weight is 274 g/mol. The second-order valence-corrected chi connectivity index (χ2v) is 6.15. The number of carbonyl (C=O) groups excluding carboxylic acids is 1. The van der Waals surface area contributed by atoms with E-state index in [1.165, 1.54) is 0 Å². The number of nitrogens with one attached hydrogen (secondary N) is 2. The minimum atomic E-state index is 0.156. The SMILES string of the molecule is CN(C)c1ccncc1NC(=O)C1CC12CCNCC2. The van der Waals surface area contributed by atoms with E-state index in [0.29, 0.717) is 0 Å².